The zero-order valence-electron chi connectivity index (χ0n) is 13.7. The SMILES string of the molecule is CS(=O)(=O)c1ccccc1N1CCOC2(CCc3ccccc32)C1. The molecule has 0 saturated carbocycles. The van der Waals surface area contributed by atoms with Gasteiger partial charge in [-0.3, -0.25) is 0 Å². The van der Waals surface area contributed by atoms with Gasteiger partial charge in [0, 0.05) is 12.8 Å². The number of nitrogens with zero attached hydrogens (tertiary/aromatic N) is 1. The summed E-state index contributed by atoms with van der Waals surface area (Å²) in [7, 11) is -3.26. The summed E-state index contributed by atoms with van der Waals surface area (Å²) < 4.78 is 30.5. The zero-order chi connectivity index (χ0) is 16.8. The molecule has 4 rings (SSSR count). The quantitative estimate of drug-likeness (QED) is 0.841. The molecule has 0 bridgehead atoms. The highest BCUT2D eigenvalue weighted by Crippen LogP contribution is 2.43. The van der Waals surface area contributed by atoms with Crippen molar-refractivity contribution in [1.29, 1.82) is 0 Å². The molecule has 1 unspecified atom stereocenters. The topological polar surface area (TPSA) is 46.6 Å². The maximum atomic E-state index is 12.1. The van der Waals surface area contributed by atoms with Crippen molar-refractivity contribution in [1.82, 2.24) is 0 Å². The van der Waals surface area contributed by atoms with Gasteiger partial charge in [0.25, 0.3) is 0 Å². The summed E-state index contributed by atoms with van der Waals surface area (Å²) in [6.07, 6.45) is 3.23. The molecule has 1 saturated heterocycles. The van der Waals surface area contributed by atoms with Crippen LogP contribution in [0.5, 0.6) is 0 Å². The number of hydrogen-bond donors (Lipinski definition) is 0. The molecule has 1 atom stereocenters. The third-order valence-corrected chi connectivity index (χ3v) is 6.24. The first kappa shape index (κ1) is 15.7. The van der Waals surface area contributed by atoms with Gasteiger partial charge in [0.2, 0.25) is 0 Å². The zero-order valence-corrected chi connectivity index (χ0v) is 14.6. The summed E-state index contributed by atoms with van der Waals surface area (Å²) in [6, 6.07) is 15.7. The smallest absolute Gasteiger partial charge is 0.177 e. The molecule has 4 nitrogen and oxygen atoms in total. The Bertz CT molecular complexity index is 874. The second-order valence-electron chi connectivity index (χ2n) is 6.66. The number of fused-ring (bicyclic) bond motifs is 2. The Balaban J connectivity index is 1.73. The van der Waals surface area contributed by atoms with Crippen molar-refractivity contribution in [2.24, 2.45) is 0 Å². The van der Waals surface area contributed by atoms with E-state index < -0.39 is 9.84 Å². The van der Waals surface area contributed by atoms with Crippen molar-refractivity contribution in [3.63, 3.8) is 0 Å². The predicted molar refractivity (Wildman–Crippen MR) is 94.2 cm³/mol. The summed E-state index contributed by atoms with van der Waals surface area (Å²) in [4.78, 5) is 2.57. The highest BCUT2D eigenvalue weighted by molar-refractivity contribution is 7.90. The van der Waals surface area contributed by atoms with E-state index in [0.29, 0.717) is 24.6 Å². The van der Waals surface area contributed by atoms with Crippen LogP contribution in [0.3, 0.4) is 0 Å². The van der Waals surface area contributed by atoms with Gasteiger partial charge in [-0.25, -0.2) is 8.42 Å². The number of sulfone groups is 1. The van der Waals surface area contributed by atoms with Gasteiger partial charge in [0.1, 0.15) is 5.60 Å². The maximum absolute atomic E-state index is 12.1. The van der Waals surface area contributed by atoms with Crippen LogP contribution < -0.4 is 4.90 Å². The third kappa shape index (κ3) is 2.52. The molecular formula is C19H21NO3S. The third-order valence-electron chi connectivity index (χ3n) is 5.10. The fourth-order valence-electron chi connectivity index (χ4n) is 3.99. The van der Waals surface area contributed by atoms with Crippen LogP contribution in [0.2, 0.25) is 0 Å². The lowest BCUT2D eigenvalue weighted by atomic mass is 9.93. The minimum atomic E-state index is -3.26. The molecule has 1 aliphatic carbocycles. The Morgan fingerprint density at radius 1 is 1.08 bits per heavy atom. The highest BCUT2D eigenvalue weighted by atomic mass is 32.2. The summed E-state index contributed by atoms with van der Waals surface area (Å²) in [6.45, 7) is 2.00. The first-order valence-corrected chi connectivity index (χ1v) is 10.2. The summed E-state index contributed by atoms with van der Waals surface area (Å²) in [5.41, 5.74) is 3.06. The molecule has 0 aromatic heterocycles. The normalized spacial score (nSPS) is 23.5. The Hall–Kier alpha value is -1.85. The van der Waals surface area contributed by atoms with Crippen molar-refractivity contribution >= 4 is 15.5 Å². The molecule has 0 N–H and O–H groups in total. The van der Waals surface area contributed by atoms with Crippen molar-refractivity contribution in [3.05, 3.63) is 59.7 Å². The van der Waals surface area contributed by atoms with E-state index in [2.05, 4.69) is 29.2 Å². The van der Waals surface area contributed by atoms with E-state index in [1.165, 1.54) is 17.4 Å². The minimum absolute atomic E-state index is 0.320. The number of ether oxygens (including phenoxy) is 1. The molecule has 1 fully saturated rings. The number of rotatable bonds is 2. The van der Waals surface area contributed by atoms with Crippen LogP contribution in [-0.4, -0.2) is 34.4 Å². The Morgan fingerprint density at radius 2 is 1.83 bits per heavy atom. The number of hydrogen-bond acceptors (Lipinski definition) is 4. The number of para-hydroxylation sites is 1. The van der Waals surface area contributed by atoms with Gasteiger partial charge < -0.3 is 9.64 Å². The van der Waals surface area contributed by atoms with Crippen molar-refractivity contribution in [2.75, 3.05) is 30.9 Å². The van der Waals surface area contributed by atoms with Gasteiger partial charge in [-0.2, -0.15) is 0 Å². The average Bonchev–Trinajstić information content (AvgIpc) is 2.93. The van der Waals surface area contributed by atoms with Crippen LogP contribution in [0.4, 0.5) is 5.69 Å². The van der Waals surface area contributed by atoms with Gasteiger partial charge in [0.15, 0.2) is 9.84 Å². The van der Waals surface area contributed by atoms with Crippen LogP contribution in [0.15, 0.2) is 53.4 Å². The molecule has 1 heterocycles. The van der Waals surface area contributed by atoms with Crippen LogP contribution in [0, 0.1) is 0 Å². The predicted octanol–water partition coefficient (Wildman–Crippen LogP) is 2.77. The molecule has 5 heteroatoms. The van der Waals surface area contributed by atoms with Gasteiger partial charge in [-0.1, -0.05) is 36.4 Å². The molecule has 0 radical (unpaired) electrons. The molecule has 2 aliphatic rings. The van der Waals surface area contributed by atoms with E-state index in [1.807, 2.05) is 12.1 Å². The highest BCUT2D eigenvalue weighted by Gasteiger charge is 2.43. The number of anilines is 1. The van der Waals surface area contributed by atoms with Crippen LogP contribution in [0.1, 0.15) is 17.5 Å². The van der Waals surface area contributed by atoms with Crippen LogP contribution >= 0.6 is 0 Å². The number of aryl methyl sites for hydroxylation is 1. The Labute approximate surface area is 143 Å². The van der Waals surface area contributed by atoms with Gasteiger partial charge in [-0.15, -0.1) is 0 Å². The molecule has 1 aliphatic heterocycles. The van der Waals surface area contributed by atoms with E-state index in [1.54, 1.807) is 12.1 Å². The number of morpholine rings is 1. The summed E-state index contributed by atoms with van der Waals surface area (Å²) in [5, 5.41) is 0. The van der Waals surface area contributed by atoms with E-state index in [0.717, 1.165) is 18.5 Å². The minimum Gasteiger partial charge on any atom is -0.367 e. The molecule has 1 spiro atoms. The second-order valence-corrected chi connectivity index (χ2v) is 8.65. The molecule has 24 heavy (non-hydrogen) atoms. The molecule has 0 amide bonds. The largest absolute Gasteiger partial charge is 0.367 e. The first-order valence-electron chi connectivity index (χ1n) is 8.26. The average molecular weight is 343 g/mol. The van der Waals surface area contributed by atoms with E-state index in [9.17, 15) is 8.42 Å². The fourth-order valence-corrected chi connectivity index (χ4v) is 4.89. The number of benzene rings is 2. The van der Waals surface area contributed by atoms with Crippen molar-refractivity contribution < 1.29 is 13.2 Å². The van der Waals surface area contributed by atoms with Gasteiger partial charge in [0.05, 0.1) is 23.7 Å². The lowest BCUT2D eigenvalue weighted by Gasteiger charge is -2.42. The van der Waals surface area contributed by atoms with E-state index in [-0.39, 0.29) is 5.60 Å². The van der Waals surface area contributed by atoms with Crippen molar-refractivity contribution in [3.8, 4) is 0 Å². The van der Waals surface area contributed by atoms with Gasteiger partial charge in [-0.05, 0) is 36.1 Å². The van der Waals surface area contributed by atoms with Crippen LogP contribution in [0.25, 0.3) is 0 Å². The molecule has 2 aromatic rings. The summed E-state index contributed by atoms with van der Waals surface area (Å²) >= 11 is 0. The Kier molecular flexibility index (Phi) is 3.66. The van der Waals surface area contributed by atoms with E-state index in [4.69, 9.17) is 4.74 Å². The lowest BCUT2D eigenvalue weighted by Crippen LogP contribution is -2.49. The first-order chi connectivity index (χ1) is 11.5. The molecule has 2 aromatic carbocycles. The van der Waals surface area contributed by atoms with Crippen molar-refractivity contribution in [2.45, 2.75) is 23.3 Å². The van der Waals surface area contributed by atoms with Crippen LogP contribution in [-0.2, 0) is 26.6 Å². The molecular weight excluding hydrogens is 322 g/mol. The van der Waals surface area contributed by atoms with E-state index >= 15 is 0 Å². The van der Waals surface area contributed by atoms with Gasteiger partial charge >= 0.3 is 0 Å². The lowest BCUT2D eigenvalue weighted by molar-refractivity contribution is -0.0593. The second kappa shape index (κ2) is 5.60. The Morgan fingerprint density at radius 3 is 2.67 bits per heavy atom. The molecule has 126 valence electrons. The monoisotopic (exact) mass is 343 g/mol. The summed E-state index contributed by atoms with van der Waals surface area (Å²) in [5.74, 6) is 0. The fraction of sp³-hybridized carbons (Fsp3) is 0.368. The maximum Gasteiger partial charge on any atom is 0.177 e. The standard InChI is InChI=1S/C19H21NO3S/c1-24(21,22)18-9-5-4-8-17(18)20-12-13-23-19(14-20)11-10-15-6-2-3-7-16(15)19/h2-9H,10-14H2,1H3.